The molecule has 1 nitrogen and oxygen atoms in total. The Morgan fingerprint density at radius 3 is 2.81 bits per heavy atom. The van der Waals surface area contributed by atoms with Gasteiger partial charge in [-0.3, -0.25) is 0 Å². The van der Waals surface area contributed by atoms with Crippen LogP contribution in [-0.4, -0.2) is 6.04 Å². The first-order valence-electron chi connectivity index (χ1n) is 6.18. The third-order valence-electron chi connectivity index (χ3n) is 3.92. The van der Waals surface area contributed by atoms with Crippen LogP contribution < -0.4 is 5.32 Å². The smallest absolute Gasteiger partial charge is 0.0701 e. The Kier molecular flexibility index (Phi) is 4.45. The molecule has 1 heterocycles. The van der Waals surface area contributed by atoms with Crippen molar-refractivity contribution in [1.82, 2.24) is 5.32 Å². The summed E-state index contributed by atoms with van der Waals surface area (Å²) < 4.78 is 1.23. The predicted octanol–water partition coefficient (Wildman–Crippen LogP) is 4.42. The van der Waals surface area contributed by atoms with Crippen molar-refractivity contribution in [2.24, 2.45) is 11.8 Å². The molecule has 90 valence electrons. The summed E-state index contributed by atoms with van der Waals surface area (Å²) in [5.41, 5.74) is 0. The standard InChI is InChI=1S/C13H20BrNS/c1-3-10-4-6-12(9(10)2)15-8-11-5-7-13(14)16-11/h5,7,9-10,12,15H,3-4,6,8H2,1-2H3. The van der Waals surface area contributed by atoms with Crippen LogP contribution in [0.1, 0.15) is 38.0 Å². The Bertz CT molecular complexity index is 336. The molecule has 0 bridgehead atoms. The highest BCUT2D eigenvalue weighted by atomic mass is 79.9. The minimum atomic E-state index is 0.728. The molecule has 0 aromatic carbocycles. The summed E-state index contributed by atoms with van der Waals surface area (Å²) in [6.07, 6.45) is 4.10. The van der Waals surface area contributed by atoms with Crippen molar-refractivity contribution in [3.63, 3.8) is 0 Å². The number of nitrogens with one attached hydrogen (secondary N) is 1. The van der Waals surface area contributed by atoms with Gasteiger partial charge in [0, 0.05) is 17.5 Å². The molecule has 3 unspecified atom stereocenters. The van der Waals surface area contributed by atoms with Gasteiger partial charge < -0.3 is 5.32 Å². The minimum absolute atomic E-state index is 0.728. The molecule has 1 fully saturated rings. The Labute approximate surface area is 111 Å². The van der Waals surface area contributed by atoms with E-state index in [9.17, 15) is 0 Å². The molecule has 1 aliphatic rings. The van der Waals surface area contributed by atoms with E-state index in [0.717, 1.165) is 24.4 Å². The third-order valence-corrected chi connectivity index (χ3v) is 5.54. The van der Waals surface area contributed by atoms with E-state index in [1.807, 2.05) is 11.3 Å². The summed E-state index contributed by atoms with van der Waals surface area (Å²) >= 11 is 5.34. The number of hydrogen-bond acceptors (Lipinski definition) is 2. The predicted molar refractivity (Wildman–Crippen MR) is 74.8 cm³/mol. The van der Waals surface area contributed by atoms with Crippen LogP contribution in [0.3, 0.4) is 0 Å². The lowest BCUT2D eigenvalue weighted by molar-refractivity contribution is 0.345. The lowest BCUT2D eigenvalue weighted by Crippen LogP contribution is -2.31. The average Bonchev–Trinajstić information content (AvgIpc) is 2.83. The van der Waals surface area contributed by atoms with Gasteiger partial charge in [0.1, 0.15) is 0 Å². The molecule has 0 spiro atoms. The summed E-state index contributed by atoms with van der Waals surface area (Å²) in [4.78, 5) is 1.43. The van der Waals surface area contributed by atoms with Crippen molar-refractivity contribution in [2.75, 3.05) is 0 Å². The van der Waals surface area contributed by atoms with E-state index >= 15 is 0 Å². The number of rotatable bonds is 4. The van der Waals surface area contributed by atoms with E-state index in [-0.39, 0.29) is 0 Å². The lowest BCUT2D eigenvalue weighted by Gasteiger charge is -2.20. The van der Waals surface area contributed by atoms with Gasteiger partial charge in [-0.2, -0.15) is 0 Å². The molecular weight excluding hydrogens is 282 g/mol. The van der Waals surface area contributed by atoms with Gasteiger partial charge in [-0.15, -0.1) is 11.3 Å². The van der Waals surface area contributed by atoms with Gasteiger partial charge in [-0.25, -0.2) is 0 Å². The molecule has 1 aromatic heterocycles. The Balaban J connectivity index is 1.83. The maximum atomic E-state index is 3.71. The van der Waals surface area contributed by atoms with E-state index in [1.54, 1.807) is 0 Å². The van der Waals surface area contributed by atoms with Crippen LogP contribution in [0.25, 0.3) is 0 Å². The normalized spacial score (nSPS) is 29.8. The van der Waals surface area contributed by atoms with Gasteiger partial charge in [0.2, 0.25) is 0 Å². The van der Waals surface area contributed by atoms with E-state index in [0.29, 0.717) is 0 Å². The molecule has 0 radical (unpaired) electrons. The summed E-state index contributed by atoms with van der Waals surface area (Å²) in [7, 11) is 0. The van der Waals surface area contributed by atoms with Gasteiger partial charge >= 0.3 is 0 Å². The van der Waals surface area contributed by atoms with Gasteiger partial charge in [-0.1, -0.05) is 20.3 Å². The molecule has 1 aliphatic carbocycles. The van der Waals surface area contributed by atoms with Crippen LogP contribution in [0.2, 0.25) is 0 Å². The fourth-order valence-corrected chi connectivity index (χ4v) is 4.22. The van der Waals surface area contributed by atoms with Crippen LogP contribution in [0, 0.1) is 11.8 Å². The van der Waals surface area contributed by atoms with Crippen molar-refractivity contribution in [3.8, 4) is 0 Å². The maximum Gasteiger partial charge on any atom is 0.0701 e. The molecule has 0 saturated heterocycles. The van der Waals surface area contributed by atoms with Crippen molar-refractivity contribution in [3.05, 3.63) is 20.8 Å². The van der Waals surface area contributed by atoms with Crippen molar-refractivity contribution < 1.29 is 0 Å². The van der Waals surface area contributed by atoms with E-state index in [4.69, 9.17) is 0 Å². The van der Waals surface area contributed by atoms with E-state index in [2.05, 4.69) is 47.2 Å². The third kappa shape index (κ3) is 2.88. The number of halogens is 1. The first-order chi connectivity index (χ1) is 7.70. The molecule has 0 amide bonds. The minimum Gasteiger partial charge on any atom is -0.309 e. The fourth-order valence-electron chi connectivity index (χ4n) is 2.79. The highest BCUT2D eigenvalue weighted by Crippen LogP contribution is 2.34. The molecule has 16 heavy (non-hydrogen) atoms. The quantitative estimate of drug-likeness (QED) is 0.868. The zero-order valence-electron chi connectivity index (χ0n) is 10.0. The SMILES string of the molecule is CCC1CCC(NCc2ccc(Br)s2)C1C. The van der Waals surface area contributed by atoms with Crippen molar-refractivity contribution in [2.45, 2.75) is 45.7 Å². The summed E-state index contributed by atoms with van der Waals surface area (Å²) in [5.74, 6) is 1.78. The van der Waals surface area contributed by atoms with Crippen LogP contribution in [0.4, 0.5) is 0 Å². The molecular formula is C13H20BrNS. The van der Waals surface area contributed by atoms with Gasteiger partial charge in [0.15, 0.2) is 0 Å². The average molecular weight is 302 g/mol. The summed E-state index contributed by atoms with van der Waals surface area (Å²) in [6, 6.07) is 5.07. The van der Waals surface area contributed by atoms with Crippen LogP contribution >= 0.6 is 27.3 Å². The Morgan fingerprint density at radius 2 is 2.25 bits per heavy atom. The van der Waals surface area contributed by atoms with E-state index < -0.39 is 0 Å². The monoisotopic (exact) mass is 301 g/mol. The highest BCUT2D eigenvalue weighted by molar-refractivity contribution is 9.11. The maximum absolute atomic E-state index is 3.71. The highest BCUT2D eigenvalue weighted by Gasteiger charge is 2.30. The first-order valence-corrected chi connectivity index (χ1v) is 7.79. The fraction of sp³-hybridized carbons (Fsp3) is 0.692. The Hall–Kier alpha value is 0.140. The summed E-state index contributed by atoms with van der Waals surface area (Å²) in [5, 5.41) is 3.71. The first kappa shape index (κ1) is 12.6. The zero-order valence-corrected chi connectivity index (χ0v) is 12.4. The van der Waals surface area contributed by atoms with E-state index in [1.165, 1.54) is 27.9 Å². The van der Waals surface area contributed by atoms with Crippen molar-refractivity contribution in [1.29, 1.82) is 0 Å². The molecule has 3 atom stereocenters. The van der Waals surface area contributed by atoms with Gasteiger partial charge in [0.05, 0.1) is 3.79 Å². The van der Waals surface area contributed by atoms with Crippen LogP contribution in [-0.2, 0) is 6.54 Å². The van der Waals surface area contributed by atoms with Crippen LogP contribution in [0.15, 0.2) is 15.9 Å². The van der Waals surface area contributed by atoms with Gasteiger partial charge in [-0.05, 0) is 52.7 Å². The van der Waals surface area contributed by atoms with Crippen molar-refractivity contribution >= 4 is 27.3 Å². The second-order valence-corrected chi connectivity index (χ2v) is 7.35. The molecule has 1 saturated carbocycles. The number of thiophene rings is 1. The lowest BCUT2D eigenvalue weighted by atomic mass is 9.93. The second-order valence-electron chi connectivity index (χ2n) is 4.80. The Morgan fingerprint density at radius 1 is 1.44 bits per heavy atom. The summed E-state index contributed by atoms with van der Waals surface area (Å²) in [6.45, 7) is 5.75. The topological polar surface area (TPSA) is 12.0 Å². The van der Waals surface area contributed by atoms with Gasteiger partial charge in [0.25, 0.3) is 0 Å². The molecule has 3 heteroatoms. The molecule has 2 rings (SSSR count). The number of hydrogen-bond donors (Lipinski definition) is 1. The van der Waals surface area contributed by atoms with Crippen LogP contribution in [0.5, 0.6) is 0 Å². The second kappa shape index (κ2) is 5.65. The zero-order chi connectivity index (χ0) is 11.5. The largest absolute Gasteiger partial charge is 0.309 e. The molecule has 0 aliphatic heterocycles. The molecule has 1 N–H and O–H groups in total. The molecule has 1 aromatic rings.